The molecular formula is C42H24N4O9. The molecule has 0 atom stereocenters. The Kier molecular flexibility index (Phi) is 8.05. The number of ether oxygens (including phenoxy) is 2. The van der Waals surface area contributed by atoms with Crippen molar-refractivity contribution < 1.29 is 42.5 Å². The van der Waals surface area contributed by atoms with Crippen LogP contribution in [0.4, 0.5) is 0 Å². The maximum atomic E-state index is 12.9. The molecule has 0 aliphatic rings. The van der Waals surface area contributed by atoms with Gasteiger partial charge in [-0.25, -0.2) is 19.6 Å². The number of oxazole rings is 2. The third kappa shape index (κ3) is 6.49. The lowest BCUT2D eigenvalue weighted by Gasteiger charge is -2.07. The predicted octanol–water partition coefficient (Wildman–Crippen LogP) is 8.87. The summed E-state index contributed by atoms with van der Waals surface area (Å²) in [5.74, 6) is -0.417. The Hall–Kier alpha value is -8.06. The summed E-state index contributed by atoms with van der Waals surface area (Å²) in [5.41, 5.74) is 4.82. The summed E-state index contributed by atoms with van der Waals surface area (Å²) in [4.78, 5) is 34.6. The average molecular weight is 729 g/mol. The molecule has 0 bridgehead atoms. The number of carbonyl (C=O) groups excluding carboxylic acids is 2. The Morgan fingerprint density at radius 2 is 0.891 bits per heavy atom. The number of rotatable bonds is 8. The zero-order valence-electron chi connectivity index (χ0n) is 28.2. The van der Waals surface area contributed by atoms with E-state index in [-0.39, 0.29) is 57.7 Å². The van der Waals surface area contributed by atoms with Crippen LogP contribution in [0.1, 0.15) is 20.7 Å². The molecule has 0 unspecified atom stereocenters. The molecule has 55 heavy (non-hydrogen) atoms. The van der Waals surface area contributed by atoms with Gasteiger partial charge in [-0.3, -0.25) is 0 Å². The summed E-state index contributed by atoms with van der Waals surface area (Å²) in [6.07, 6.45) is 0. The van der Waals surface area contributed by atoms with Crippen molar-refractivity contribution in [2.24, 2.45) is 0 Å². The number of fused-ring (bicyclic) bond motifs is 2. The van der Waals surface area contributed by atoms with Gasteiger partial charge in [0.15, 0.2) is 11.2 Å². The Morgan fingerprint density at radius 3 is 1.29 bits per heavy atom. The van der Waals surface area contributed by atoms with Crippen molar-refractivity contribution in [3.05, 3.63) is 145 Å². The molecule has 0 aliphatic heterocycles. The zero-order chi connectivity index (χ0) is 37.5. The number of phenols is 2. The van der Waals surface area contributed by atoms with Gasteiger partial charge in [-0.15, -0.1) is 10.2 Å². The Morgan fingerprint density at radius 1 is 0.473 bits per heavy atom. The van der Waals surface area contributed by atoms with Crippen molar-refractivity contribution in [2.45, 2.75) is 0 Å². The number of esters is 2. The molecule has 0 saturated heterocycles. The van der Waals surface area contributed by atoms with Gasteiger partial charge in [0.25, 0.3) is 0 Å². The van der Waals surface area contributed by atoms with Gasteiger partial charge in [0.05, 0.1) is 22.3 Å². The molecule has 3 aromatic heterocycles. The van der Waals surface area contributed by atoms with Crippen LogP contribution in [-0.4, -0.2) is 42.3 Å². The van der Waals surface area contributed by atoms with E-state index in [9.17, 15) is 19.8 Å². The van der Waals surface area contributed by atoms with Gasteiger partial charge in [-0.1, -0.05) is 24.3 Å². The molecule has 6 aromatic carbocycles. The molecule has 13 heteroatoms. The third-order valence-electron chi connectivity index (χ3n) is 8.57. The van der Waals surface area contributed by atoms with Gasteiger partial charge in [-0.2, -0.15) is 0 Å². The molecule has 0 amide bonds. The van der Waals surface area contributed by atoms with E-state index in [2.05, 4.69) is 20.2 Å². The van der Waals surface area contributed by atoms with Crippen LogP contribution >= 0.6 is 0 Å². The second-order valence-electron chi connectivity index (χ2n) is 12.2. The van der Waals surface area contributed by atoms with Gasteiger partial charge in [0.2, 0.25) is 23.6 Å². The first-order valence-corrected chi connectivity index (χ1v) is 16.7. The van der Waals surface area contributed by atoms with Crippen molar-refractivity contribution >= 4 is 34.1 Å². The standard InChI is InChI=1S/C42H24N4O9/c47-33-21-27(17-19-29(33)39-43-31-5-1-3-7-35(31)53-39)51-41(49)25-13-9-23(10-14-25)37-45-46-38(55-37)24-11-15-26(16-12-24)42(50)52-28-18-20-30(34(48)22-28)40-44-32-6-2-4-8-36(32)54-40/h1-22,47-48H. The van der Waals surface area contributed by atoms with E-state index in [1.54, 1.807) is 97.1 Å². The Labute approximate surface area is 309 Å². The fraction of sp³-hybridized carbons (Fsp3) is 0. The second kappa shape index (κ2) is 13.5. The van der Waals surface area contributed by atoms with E-state index < -0.39 is 11.9 Å². The quantitative estimate of drug-likeness (QED) is 0.112. The molecule has 9 rings (SSSR count). The third-order valence-corrected chi connectivity index (χ3v) is 8.57. The number of carbonyl (C=O) groups is 2. The van der Waals surface area contributed by atoms with Crippen LogP contribution in [0.15, 0.2) is 147 Å². The van der Waals surface area contributed by atoms with Crippen LogP contribution in [0.3, 0.4) is 0 Å². The monoisotopic (exact) mass is 728 g/mol. The maximum absolute atomic E-state index is 12.9. The van der Waals surface area contributed by atoms with Gasteiger partial charge in [0.1, 0.15) is 34.0 Å². The van der Waals surface area contributed by atoms with Crippen LogP contribution in [0.2, 0.25) is 0 Å². The van der Waals surface area contributed by atoms with Crippen LogP contribution in [-0.2, 0) is 0 Å². The molecule has 3 heterocycles. The smallest absolute Gasteiger partial charge is 0.343 e. The number of para-hydroxylation sites is 4. The topological polar surface area (TPSA) is 184 Å². The first-order valence-electron chi connectivity index (χ1n) is 16.7. The number of hydrogen-bond acceptors (Lipinski definition) is 13. The Bertz CT molecular complexity index is 2630. The summed E-state index contributed by atoms with van der Waals surface area (Å²) < 4.78 is 28.3. The molecule has 9 aromatic rings. The highest BCUT2D eigenvalue weighted by molar-refractivity contribution is 5.92. The van der Waals surface area contributed by atoms with Gasteiger partial charge < -0.3 is 32.9 Å². The van der Waals surface area contributed by atoms with Gasteiger partial charge >= 0.3 is 11.9 Å². The van der Waals surface area contributed by atoms with E-state index in [4.69, 9.17) is 22.7 Å². The number of aromatic hydroxyl groups is 2. The van der Waals surface area contributed by atoms with Crippen LogP contribution in [0, 0.1) is 0 Å². The highest BCUT2D eigenvalue weighted by Gasteiger charge is 2.18. The summed E-state index contributed by atoms with van der Waals surface area (Å²) in [6.45, 7) is 0. The van der Waals surface area contributed by atoms with E-state index in [1.807, 2.05) is 24.3 Å². The van der Waals surface area contributed by atoms with Crippen LogP contribution in [0.5, 0.6) is 23.0 Å². The minimum Gasteiger partial charge on any atom is -0.507 e. The molecule has 0 radical (unpaired) electrons. The zero-order valence-corrected chi connectivity index (χ0v) is 28.2. The number of benzene rings is 6. The molecule has 2 N–H and O–H groups in total. The lowest BCUT2D eigenvalue weighted by molar-refractivity contribution is 0.0725. The Balaban J connectivity index is 0.825. The molecule has 0 fully saturated rings. The number of nitrogens with zero attached hydrogens (tertiary/aromatic N) is 4. The summed E-state index contributed by atoms with van der Waals surface area (Å²) >= 11 is 0. The van der Waals surface area contributed by atoms with Gasteiger partial charge in [-0.05, 0) is 97.1 Å². The first-order chi connectivity index (χ1) is 26.8. The first kappa shape index (κ1) is 32.8. The van der Waals surface area contributed by atoms with E-state index in [1.165, 1.54) is 12.1 Å². The SMILES string of the molecule is O=C(Oc1ccc(-c2nc3ccccc3o2)c(O)c1)c1ccc(-c2nnc(-c3ccc(C(=O)Oc4ccc(-c5nc6ccccc6o5)c(O)c4)cc3)o2)cc1. The second-order valence-corrected chi connectivity index (χ2v) is 12.2. The van der Waals surface area contributed by atoms with E-state index >= 15 is 0 Å². The van der Waals surface area contributed by atoms with Crippen molar-refractivity contribution in [1.82, 2.24) is 20.2 Å². The number of aromatic nitrogens is 4. The van der Waals surface area contributed by atoms with Crippen molar-refractivity contribution in [1.29, 1.82) is 0 Å². The van der Waals surface area contributed by atoms with E-state index in [0.717, 1.165) is 0 Å². The molecule has 266 valence electrons. The van der Waals surface area contributed by atoms with Crippen LogP contribution in [0.25, 0.3) is 68.0 Å². The van der Waals surface area contributed by atoms with Crippen molar-refractivity contribution in [3.63, 3.8) is 0 Å². The number of phenolic OH excluding ortho intramolecular Hbond substituents is 2. The summed E-state index contributed by atoms with van der Waals surface area (Å²) in [6, 6.07) is 36.1. The predicted molar refractivity (Wildman–Crippen MR) is 197 cm³/mol. The van der Waals surface area contributed by atoms with Crippen molar-refractivity contribution in [3.8, 4) is 68.8 Å². The lowest BCUT2D eigenvalue weighted by atomic mass is 10.1. The number of hydrogen-bond donors (Lipinski definition) is 2. The minimum absolute atomic E-state index is 0.137. The highest BCUT2D eigenvalue weighted by Crippen LogP contribution is 2.36. The highest BCUT2D eigenvalue weighted by atomic mass is 16.5. The van der Waals surface area contributed by atoms with Crippen LogP contribution < -0.4 is 9.47 Å². The average Bonchev–Trinajstić information content (AvgIpc) is 3.97. The summed E-state index contributed by atoms with van der Waals surface area (Å²) in [5, 5.41) is 29.5. The van der Waals surface area contributed by atoms with Gasteiger partial charge in [0, 0.05) is 23.3 Å². The lowest BCUT2D eigenvalue weighted by Crippen LogP contribution is -2.08. The molecule has 13 nitrogen and oxygen atoms in total. The van der Waals surface area contributed by atoms with E-state index in [0.29, 0.717) is 44.5 Å². The summed E-state index contributed by atoms with van der Waals surface area (Å²) in [7, 11) is 0. The minimum atomic E-state index is -0.640. The molecule has 0 spiro atoms. The molecule has 0 saturated carbocycles. The van der Waals surface area contributed by atoms with Crippen molar-refractivity contribution in [2.75, 3.05) is 0 Å². The molecule has 0 aliphatic carbocycles. The normalized spacial score (nSPS) is 11.2. The fourth-order valence-corrected chi connectivity index (χ4v) is 5.77. The fourth-order valence-electron chi connectivity index (χ4n) is 5.77. The molecular weight excluding hydrogens is 704 g/mol. The largest absolute Gasteiger partial charge is 0.507 e. The maximum Gasteiger partial charge on any atom is 0.343 e.